The number of amides is 3. The van der Waals surface area contributed by atoms with Crippen LogP contribution in [0.1, 0.15) is 10.4 Å². The molecule has 1 aromatic carbocycles. The van der Waals surface area contributed by atoms with Gasteiger partial charge in [-0.2, -0.15) is 0 Å². The Morgan fingerprint density at radius 1 is 1.20 bits per heavy atom. The molecule has 5 nitrogen and oxygen atoms in total. The van der Waals surface area contributed by atoms with Gasteiger partial charge in [-0.25, -0.2) is 4.79 Å². The van der Waals surface area contributed by atoms with Gasteiger partial charge in [-0.1, -0.05) is 18.2 Å². The molecule has 0 spiro atoms. The van der Waals surface area contributed by atoms with E-state index >= 15 is 0 Å². The van der Waals surface area contributed by atoms with Gasteiger partial charge in [0, 0.05) is 5.56 Å². The monoisotopic (exact) mass is 205 g/mol. The summed E-state index contributed by atoms with van der Waals surface area (Å²) in [4.78, 5) is 32.1. The van der Waals surface area contributed by atoms with Gasteiger partial charge in [0.25, 0.3) is 5.91 Å². The van der Waals surface area contributed by atoms with Gasteiger partial charge in [-0.15, -0.1) is 0 Å². The molecule has 15 heavy (non-hydrogen) atoms. The Morgan fingerprint density at radius 3 is 2.47 bits per heavy atom. The number of hydrogen-bond donors (Lipinski definition) is 2. The summed E-state index contributed by atoms with van der Waals surface area (Å²) in [6.07, 6.45) is 1.48. The molecule has 0 atom stereocenters. The van der Waals surface area contributed by atoms with Crippen LogP contribution in [0.2, 0.25) is 0 Å². The Morgan fingerprint density at radius 2 is 1.87 bits per heavy atom. The molecular weight excluding hydrogens is 196 g/mol. The van der Waals surface area contributed by atoms with Crippen molar-refractivity contribution >= 4 is 18.2 Å². The highest BCUT2D eigenvalue weighted by atomic mass is 16.2. The van der Waals surface area contributed by atoms with Gasteiger partial charge in [0.05, 0.1) is 6.54 Å². The third-order valence-corrected chi connectivity index (χ3v) is 1.58. The first-order valence-electron chi connectivity index (χ1n) is 4.23. The predicted octanol–water partition coefficient (Wildman–Crippen LogP) is 0.236. The van der Waals surface area contributed by atoms with Crippen molar-refractivity contribution in [2.24, 2.45) is 0 Å². The van der Waals surface area contributed by atoms with Crippen LogP contribution in [0.5, 0.6) is 0 Å². The quantitative estimate of drug-likeness (QED) is 0.742. The van der Waals surface area contributed by atoms with Gasteiger partial charge < -0.3 is 5.32 Å². The summed E-state index contributed by atoms with van der Waals surface area (Å²) >= 11 is 0. The lowest BCUT2D eigenvalue weighted by Gasteiger charge is -2.03. The predicted molar refractivity (Wildman–Crippen MR) is 53.0 cm³/mol. The maximum Gasteiger partial charge on any atom is 0.322 e. The van der Waals surface area contributed by atoms with Crippen molar-refractivity contribution in [2.75, 3.05) is 6.54 Å². The van der Waals surface area contributed by atoms with Crippen molar-refractivity contribution in [3.8, 4) is 0 Å². The zero-order chi connectivity index (χ0) is 11.1. The molecule has 0 aliphatic heterocycles. The molecule has 0 heterocycles. The number of imide groups is 1. The minimum absolute atomic E-state index is 0.242. The van der Waals surface area contributed by atoms with E-state index in [1.165, 1.54) is 6.29 Å². The first-order chi connectivity index (χ1) is 7.24. The van der Waals surface area contributed by atoms with E-state index in [0.717, 1.165) is 0 Å². The van der Waals surface area contributed by atoms with Crippen molar-refractivity contribution in [1.82, 2.24) is 10.6 Å². The highest BCUT2D eigenvalue weighted by molar-refractivity contribution is 6.04. The average molecular weight is 205 g/mol. The van der Waals surface area contributed by atoms with E-state index in [2.05, 4.69) is 10.6 Å². The zero-order valence-electron chi connectivity index (χ0n) is 7.82. The Bertz CT molecular complexity index is 362. The summed E-state index contributed by atoms with van der Waals surface area (Å²) < 4.78 is 0. The maximum absolute atomic E-state index is 11.3. The molecule has 1 rings (SSSR count). The van der Waals surface area contributed by atoms with Crippen molar-refractivity contribution in [2.45, 2.75) is 0 Å². The van der Waals surface area contributed by atoms with Gasteiger partial charge in [0.1, 0.15) is 0 Å². The lowest BCUT2D eigenvalue weighted by atomic mass is 10.2. The molecule has 2 N–H and O–H groups in total. The maximum atomic E-state index is 11.3. The smallest absolute Gasteiger partial charge is 0.322 e. The van der Waals surface area contributed by atoms with E-state index in [9.17, 15) is 14.4 Å². The highest BCUT2D eigenvalue weighted by Crippen LogP contribution is 1.97. The molecular formula is C10H9N2O3. The van der Waals surface area contributed by atoms with Crippen molar-refractivity contribution < 1.29 is 14.4 Å². The second-order valence-electron chi connectivity index (χ2n) is 2.65. The molecule has 0 aliphatic carbocycles. The lowest BCUT2D eigenvalue weighted by molar-refractivity contribution is 0.0964. The van der Waals surface area contributed by atoms with E-state index in [4.69, 9.17) is 0 Å². The van der Waals surface area contributed by atoms with Gasteiger partial charge in [-0.3, -0.25) is 14.9 Å². The summed E-state index contributed by atoms with van der Waals surface area (Å²) in [7, 11) is 0. The van der Waals surface area contributed by atoms with Crippen LogP contribution < -0.4 is 10.6 Å². The zero-order valence-corrected chi connectivity index (χ0v) is 7.82. The molecule has 0 unspecified atom stereocenters. The second-order valence-corrected chi connectivity index (χ2v) is 2.65. The summed E-state index contributed by atoms with van der Waals surface area (Å²) in [6, 6.07) is 7.58. The minimum Gasteiger partial charge on any atom is -0.330 e. The standard InChI is InChI=1S/C10H9N2O3/c13-7-6-11-10(15)12-9(14)8-4-2-1-3-5-8/h1-5H,6H2,(H2,11,12,14,15). The molecule has 77 valence electrons. The van der Waals surface area contributed by atoms with Crippen LogP contribution >= 0.6 is 0 Å². The number of carbonyl (C=O) groups is 2. The highest BCUT2D eigenvalue weighted by Gasteiger charge is 2.08. The Labute approximate surface area is 86.5 Å². The number of nitrogens with one attached hydrogen (secondary N) is 2. The van der Waals surface area contributed by atoms with E-state index in [1.54, 1.807) is 30.3 Å². The first-order valence-corrected chi connectivity index (χ1v) is 4.23. The number of carbonyl (C=O) groups excluding carboxylic acids is 3. The normalized spacial score (nSPS) is 9.07. The van der Waals surface area contributed by atoms with Crippen molar-refractivity contribution in [1.29, 1.82) is 0 Å². The summed E-state index contributed by atoms with van der Waals surface area (Å²) in [5.41, 5.74) is 0.378. The van der Waals surface area contributed by atoms with E-state index in [0.29, 0.717) is 5.56 Å². The van der Waals surface area contributed by atoms with E-state index in [-0.39, 0.29) is 6.54 Å². The molecule has 0 aliphatic rings. The largest absolute Gasteiger partial charge is 0.330 e. The molecule has 0 aromatic heterocycles. The number of urea groups is 1. The molecule has 0 fully saturated rings. The number of benzene rings is 1. The summed E-state index contributed by atoms with van der Waals surface area (Å²) in [6.45, 7) is -0.242. The van der Waals surface area contributed by atoms with Crippen LogP contribution in [0.3, 0.4) is 0 Å². The van der Waals surface area contributed by atoms with Gasteiger partial charge in [0.2, 0.25) is 6.29 Å². The molecule has 1 aromatic rings. The van der Waals surface area contributed by atoms with E-state index in [1.807, 2.05) is 0 Å². The minimum atomic E-state index is -0.716. The van der Waals surface area contributed by atoms with Crippen LogP contribution in [-0.4, -0.2) is 24.8 Å². The summed E-state index contributed by atoms with van der Waals surface area (Å²) in [5.74, 6) is -0.515. The van der Waals surface area contributed by atoms with Crippen LogP contribution in [0, 0.1) is 0 Å². The fraction of sp³-hybridized carbons (Fsp3) is 0.100. The van der Waals surface area contributed by atoms with Crippen LogP contribution in [-0.2, 0) is 4.79 Å². The second kappa shape index (κ2) is 5.54. The fourth-order valence-electron chi connectivity index (χ4n) is 0.925. The molecule has 0 saturated heterocycles. The van der Waals surface area contributed by atoms with Gasteiger partial charge >= 0.3 is 6.03 Å². The third kappa shape index (κ3) is 3.60. The van der Waals surface area contributed by atoms with Gasteiger partial charge in [-0.05, 0) is 12.1 Å². The molecule has 5 heteroatoms. The average Bonchev–Trinajstić information content (AvgIpc) is 2.27. The summed E-state index contributed by atoms with van der Waals surface area (Å²) in [5, 5.41) is 4.20. The topological polar surface area (TPSA) is 75.3 Å². The fourth-order valence-corrected chi connectivity index (χ4v) is 0.925. The molecule has 1 radical (unpaired) electrons. The van der Waals surface area contributed by atoms with Gasteiger partial charge in [0.15, 0.2) is 0 Å². The Balaban J connectivity index is 2.49. The Hall–Kier alpha value is -2.17. The molecule has 0 saturated carbocycles. The SMILES string of the molecule is O=[C]CNC(=O)NC(=O)c1ccccc1. The van der Waals surface area contributed by atoms with Crippen molar-refractivity contribution in [3.05, 3.63) is 35.9 Å². The number of rotatable bonds is 3. The van der Waals surface area contributed by atoms with Crippen LogP contribution in [0.25, 0.3) is 0 Å². The van der Waals surface area contributed by atoms with Crippen molar-refractivity contribution in [3.63, 3.8) is 0 Å². The van der Waals surface area contributed by atoms with Crippen LogP contribution in [0.4, 0.5) is 4.79 Å². The Kier molecular flexibility index (Phi) is 4.03. The molecule has 3 amide bonds. The third-order valence-electron chi connectivity index (χ3n) is 1.58. The van der Waals surface area contributed by atoms with Crippen LogP contribution in [0.15, 0.2) is 30.3 Å². The molecule has 0 bridgehead atoms. The van der Waals surface area contributed by atoms with E-state index < -0.39 is 11.9 Å². The lowest BCUT2D eigenvalue weighted by Crippen LogP contribution is -2.40. The first kappa shape index (κ1) is 10.9. The number of hydrogen-bond acceptors (Lipinski definition) is 3.